The van der Waals surface area contributed by atoms with Crippen LogP contribution in [0.15, 0.2) is 12.7 Å². The Morgan fingerprint density at radius 2 is 2.00 bits per heavy atom. The van der Waals surface area contributed by atoms with Crippen LogP contribution in [-0.4, -0.2) is 55.2 Å². The highest BCUT2D eigenvalue weighted by atomic mass is 32.2. The van der Waals surface area contributed by atoms with Gasteiger partial charge < -0.3 is 10.2 Å². The van der Waals surface area contributed by atoms with Crippen LogP contribution in [-0.2, 0) is 14.9 Å². The van der Waals surface area contributed by atoms with Crippen molar-refractivity contribution >= 4 is 16.0 Å². The van der Waals surface area contributed by atoms with Crippen LogP contribution in [0.3, 0.4) is 0 Å². The molecule has 0 rings (SSSR count). The quantitative estimate of drug-likeness (QED) is 0.482. The summed E-state index contributed by atoms with van der Waals surface area (Å²) < 4.78 is 29.7. The van der Waals surface area contributed by atoms with Gasteiger partial charge in [-0.1, -0.05) is 6.58 Å². The first-order valence-corrected chi connectivity index (χ1v) is 7.75. The van der Waals surface area contributed by atoms with Crippen LogP contribution in [0.2, 0.25) is 0 Å². The molecule has 0 aliphatic heterocycles. The van der Waals surface area contributed by atoms with Gasteiger partial charge >= 0.3 is 0 Å². The standard InChI is InChI=1S/C12H24N2O4S/c1-5-11(15)13-12(2,3)7-9-14(4)8-6-10-19(16,17)18/h5H,1,6-10H2,2-4H3,(H,13,15)(H,16,17,18). The van der Waals surface area contributed by atoms with E-state index in [4.69, 9.17) is 4.55 Å². The van der Waals surface area contributed by atoms with Gasteiger partial charge in [-0.15, -0.1) is 0 Å². The van der Waals surface area contributed by atoms with Crippen LogP contribution in [0.4, 0.5) is 0 Å². The molecule has 0 saturated heterocycles. The number of nitrogens with zero attached hydrogens (tertiary/aromatic N) is 1. The lowest BCUT2D eigenvalue weighted by Crippen LogP contribution is -2.44. The molecule has 0 atom stereocenters. The van der Waals surface area contributed by atoms with Gasteiger partial charge in [0.25, 0.3) is 10.1 Å². The molecule has 0 spiro atoms. The SMILES string of the molecule is C=CC(=O)NC(C)(C)CCN(C)CCCS(=O)(=O)O. The van der Waals surface area contributed by atoms with E-state index >= 15 is 0 Å². The molecule has 0 radical (unpaired) electrons. The fourth-order valence-electron chi connectivity index (χ4n) is 1.55. The van der Waals surface area contributed by atoms with Gasteiger partial charge in [0.05, 0.1) is 5.75 Å². The van der Waals surface area contributed by atoms with Gasteiger partial charge in [-0.05, 0) is 46.4 Å². The van der Waals surface area contributed by atoms with Gasteiger partial charge in [-0.25, -0.2) is 0 Å². The molecule has 7 heteroatoms. The van der Waals surface area contributed by atoms with Crippen molar-refractivity contribution in [3.8, 4) is 0 Å². The van der Waals surface area contributed by atoms with Gasteiger partial charge in [0, 0.05) is 12.1 Å². The smallest absolute Gasteiger partial charge is 0.264 e. The van der Waals surface area contributed by atoms with Crippen LogP contribution in [0.1, 0.15) is 26.7 Å². The van der Waals surface area contributed by atoms with Crippen molar-refractivity contribution in [2.75, 3.05) is 25.9 Å². The maximum atomic E-state index is 11.2. The van der Waals surface area contributed by atoms with E-state index in [1.165, 1.54) is 6.08 Å². The Morgan fingerprint density at radius 1 is 1.42 bits per heavy atom. The summed E-state index contributed by atoms with van der Waals surface area (Å²) in [7, 11) is -2.01. The monoisotopic (exact) mass is 292 g/mol. The summed E-state index contributed by atoms with van der Waals surface area (Å²) in [6, 6.07) is 0. The fourth-order valence-corrected chi connectivity index (χ4v) is 2.04. The van der Waals surface area contributed by atoms with Crippen LogP contribution in [0.5, 0.6) is 0 Å². The van der Waals surface area contributed by atoms with Crippen molar-refractivity contribution in [3.05, 3.63) is 12.7 Å². The molecule has 0 aromatic carbocycles. The predicted octanol–water partition coefficient (Wildman–Crippen LogP) is 0.667. The van der Waals surface area contributed by atoms with Crippen molar-refractivity contribution in [2.24, 2.45) is 0 Å². The summed E-state index contributed by atoms with van der Waals surface area (Å²) in [5.74, 6) is -0.437. The summed E-state index contributed by atoms with van der Waals surface area (Å²) in [5.41, 5.74) is -0.345. The highest BCUT2D eigenvalue weighted by molar-refractivity contribution is 7.85. The van der Waals surface area contributed by atoms with Crippen LogP contribution in [0.25, 0.3) is 0 Å². The van der Waals surface area contributed by atoms with E-state index in [1.807, 2.05) is 25.8 Å². The summed E-state index contributed by atoms with van der Waals surface area (Å²) in [6.45, 7) is 8.53. The second-order valence-electron chi connectivity index (χ2n) is 5.27. The van der Waals surface area contributed by atoms with Crippen molar-refractivity contribution in [3.63, 3.8) is 0 Å². The highest BCUT2D eigenvalue weighted by Crippen LogP contribution is 2.09. The molecule has 0 aromatic rings. The molecule has 112 valence electrons. The maximum absolute atomic E-state index is 11.2. The Labute approximate surface area is 115 Å². The Hall–Kier alpha value is -0.920. The number of carbonyl (C=O) groups is 1. The third-order valence-corrected chi connectivity index (χ3v) is 3.51. The third kappa shape index (κ3) is 10.7. The number of nitrogens with one attached hydrogen (secondary N) is 1. The molecular formula is C12H24N2O4S. The molecule has 0 aromatic heterocycles. The summed E-state index contributed by atoms with van der Waals surface area (Å²) in [5, 5.41) is 2.82. The highest BCUT2D eigenvalue weighted by Gasteiger charge is 2.19. The second kappa shape index (κ2) is 7.62. The van der Waals surface area contributed by atoms with Crippen molar-refractivity contribution in [1.29, 1.82) is 0 Å². The molecule has 0 heterocycles. The number of hydrogen-bond acceptors (Lipinski definition) is 4. The first-order chi connectivity index (χ1) is 8.56. The zero-order chi connectivity index (χ0) is 15.1. The molecule has 1 amide bonds. The second-order valence-corrected chi connectivity index (χ2v) is 6.84. The Bertz CT molecular complexity index is 404. The van der Waals surface area contributed by atoms with Gasteiger partial charge in [-0.3, -0.25) is 9.35 Å². The molecule has 2 N–H and O–H groups in total. The maximum Gasteiger partial charge on any atom is 0.264 e. The van der Waals surface area contributed by atoms with E-state index in [-0.39, 0.29) is 17.2 Å². The Kier molecular flexibility index (Phi) is 7.25. The minimum Gasteiger partial charge on any atom is -0.348 e. The molecule has 6 nitrogen and oxygen atoms in total. The number of carbonyl (C=O) groups excluding carboxylic acids is 1. The number of rotatable bonds is 9. The normalized spacial score (nSPS) is 12.5. The minimum atomic E-state index is -3.88. The van der Waals surface area contributed by atoms with Crippen LogP contribution >= 0.6 is 0 Å². The minimum absolute atomic E-state index is 0.209. The van der Waals surface area contributed by atoms with Gasteiger partial charge in [0.1, 0.15) is 0 Å². The number of hydrogen-bond donors (Lipinski definition) is 2. The third-order valence-electron chi connectivity index (χ3n) is 2.71. The molecule has 0 saturated carbocycles. The van der Waals surface area contributed by atoms with E-state index in [0.717, 1.165) is 13.0 Å². The molecule has 0 bridgehead atoms. The average molecular weight is 292 g/mol. The van der Waals surface area contributed by atoms with E-state index in [1.54, 1.807) is 0 Å². The summed E-state index contributed by atoms with van der Waals surface area (Å²) >= 11 is 0. The zero-order valence-electron chi connectivity index (χ0n) is 11.8. The molecule has 0 aliphatic rings. The molecular weight excluding hydrogens is 268 g/mol. The topological polar surface area (TPSA) is 86.7 Å². The van der Waals surface area contributed by atoms with Crippen LogP contribution in [0, 0.1) is 0 Å². The fraction of sp³-hybridized carbons (Fsp3) is 0.750. The van der Waals surface area contributed by atoms with Crippen molar-refractivity contribution in [1.82, 2.24) is 10.2 Å². The zero-order valence-corrected chi connectivity index (χ0v) is 12.7. The lowest BCUT2D eigenvalue weighted by Gasteiger charge is -2.28. The Morgan fingerprint density at radius 3 is 2.47 bits per heavy atom. The van der Waals surface area contributed by atoms with E-state index in [0.29, 0.717) is 13.0 Å². The van der Waals surface area contributed by atoms with Gasteiger partial charge in [0.15, 0.2) is 0 Å². The number of amides is 1. The molecule has 0 aliphatic carbocycles. The molecule has 0 unspecified atom stereocenters. The van der Waals surface area contributed by atoms with E-state index in [2.05, 4.69) is 11.9 Å². The van der Waals surface area contributed by atoms with Crippen molar-refractivity contribution < 1.29 is 17.8 Å². The van der Waals surface area contributed by atoms with Gasteiger partial charge in [0.2, 0.25) is 5.91 Å². The Balaban J connectivity index is 3.98. The average Bonchev–Trinajstić information content (AvgIpc) is 2.24. The molecule has 19 heavy (non-hydrogen) atoms. The first-order valence-electron chi connectivity index (χ1n) is 6.14. The van der Waals surface area contributed by atoms with Crippen molar-refractivity contribution in [2.45, 2.75) is 32.2 Å². The molecule has 0 fully saturated rings. The summed E-state index contributed by atoms with van der Waals surface area (Å²) in [4.78, 5) is 13.2. The van der Waals surface area contributed by atoms with Gasteiger partial charge in [-0.2, -0.15) is 8.42 Å². The van der Waals surface area contributed by atoms with E-state index in [9.17, 15) is 13.2 Å². The lowest BCUT2D eigenvalue weighted by atomic mass is 10.0. The summed E-state index contributed by atoms with van der Waals surface area (Å²) in [6.07, 6.45) is 2.35. The lowest BCUT2D eigenvalue weighted by molar-refractivity contribution is -0.118. The first kappa shape index (κ1) is 18.1. The predicted molar refractivity (Wildman–Crippen MR) is 75.6 cm³/mol. The van der Waals surface area contributed by atoms with E-state index < -0.39 is 10.1 Å². The van der Waals surface area contributed by atoms with Crippen LogP contribution < -0.4 is 5.32 Å². The largest absolute Gasteiger partial charge is 0.348 e.